The first-order valence-electron chi connectivity index (χ1n) is 6.20. The van der Waals surface area contributed by atoms with E-state index in [1.807, 2.05) is 0 Å². The molecule has 0 bridgehead atoms. The molecule has 0 unspecified atom stereocenters. The fourth-order valence-corrected chi connectivity index (χ4v) is 5.43. The minimum absolute atomic E-state index is 0.0128. The maximum Gasteiger partial charge on any atom is 0.243 e. The largest absolute Gasteiger partial charge is 0.259 e. The van der Waals surface area contributed by atoms with Crippen LogP contribution in [-0.2, 0) is 20.8 Å². The van der Waals surface area contributed by atoms with Crippen LogP contribution in [0.2, 0.25) is 0 Å². The first kappa shape index (κ1) is 16.4. The maximum atomic E-state index is 13.2. The maximum absolute atomic E-state index is 13.2. The Labute approximate surface area is 123 Å². The van der Waals surface area contributed by atoms with Gasteiger partial charge in [0.2, 0.25) is 10.0 Å². The Kier molecular flexibility index (Phi) is 4.46. The highest BCUT2D eigenvalue weighted by Gasteiger charge is 2.38. The van der Waals surface area contributed by atoms with Crippen molar-refractivity contribution in [2.45, 2.75) is 30.0 Å². The van der Waals surface area contributed by atoms with Gasteiger partial charge in [-0.1, -0.05) is 0 Å². The zero-order chi connectivity index (χ0) is 15.9. The van der Waals surface area contributed by atoms with Gasteiger partial charge >= 0.3 is 0 Å². The van der Waals surface area contributed by atoms with Crippen molar-refractivity contribution in [3.63, 3.8) is 0 Å². The molecule has 1 aromatic rings. The Bertz CT molecular complexity index is 670. The molecular weight excluding hydrogens is 327 g/mol. The van der Waals surface area contributed by atoms with Crippen LogP contribution in [0.1, 0.15) is 13.8 Å². The van der Waals surface area contributed by atoms with E-state index in [9.17, 15) is 25.8 Å². The van der Waals surface area contributed by atoms with Gasteiger partial charge in [0.15, 0.2) is 17.5 Å². The fourth-order valence-electron chi connectivity index (χ4n) is 2.18. The second-order valence-electron chi connectivity index (χ2n) is 4.85. The number of benzene rings is 1. The van der Waals surface area contributed by atoms with Crippen LogP contribution < -0.4 is 0 Å². The van der Waals surface area contributed by atoms with E-state index in [4.69, 9.17) is 0 Å². The molecule has 0 radical (unpaired) electrons. The molecule has 0 N–H and O–H groups in total. The van der Waals surface area contributed by atoms with E-state index in [1.54, 1.807) is 13.8 Å². The number of rotatable bonds is 2. The third kappa shape index (κ3) is 2.86. The average Bonchev–Trinajstić information content (AvgIpc) is 2.41. The molecule has 1 aliphatic heterocycles. The number of hydrogen-bond acceptors (Lipinski definition) is 3. The Hall–Kier alpha value is -0.930. The van der Waals surface area contributed by atoms with Gasteiger partial charge in [-0.25, -0.2) is 21.6 Å². The van der Waals surface area contributed by atoms with Crippen LogP contribution in [0, 0.1) is 17.5 Å². The molecule has 1 fully saturated rings. The van der Waals surface area contributed by atoms with Gasteiger partial charge in [0, 0.05) is 34.4 Å². The summed E-state index contributed by atoms with van der Waals surface area (Å²) in [4.78, 5) is -0.648. The highest BCUT2D eigenvalue weighted by Crippen LogP contribution is 2.26. The Balaban J connectivity index is 2.45. The SMILES string of the molecule is C[C@@H]1[C@H](C)[S@@](=O)CCN1S(=O)(=O)c1cc(F)c(F)c(F)c1. The summed E-state index contributed by atoms with van der Waals surface area (Å²) in [5, 5.41) is -0.399. The summed E-state index contributed by atoms with van der Waals surface area (Å²) < 4.78 is 77.0. The molecule has 21 heavy (non-hydrogen) atoms. The predicted octanol–water partition coefficient (Wildman–Crippen LogP) is 1.63. The van der Waals surface area contributed by atoms with Crippen molar-refractivity contribution >= 4 is 20.8 Å². The van der Waals surface area contributed by atoms with Gasteiger partial charge in [-0.05, 0) is 26.0 Å². The van der Waals surface area contributed by atoms with E-state index in [1.165, 1.54) is 0 Å². The van der Waals surface area contributed by atoms with E-state index in [-0.39, 0.29) is 12.3 Å². The van der Waals surface area contributed by atoms with Crippen LogP contribution in [0.3, 0.4) is 0 Å². The molecule has 4 nitrogen and oxygen atoms in total. The summed E-state index contributed by atoms with van der Waals surface area (Å²) >= 11 is 0. The predicted molar refractivity (Wildman–Crippen MR) is 72.1 cm³/mol. The lowest BCUT2D eigenvalue weighted by atomic mass is 10.2. The molecule has 2 rings (SSSR count). The fraction of sp³-hybridized carbons (Fsp3) is 0.500. The normalized spacial score (nSPS) is 27.8. The van der Waals surface area contributed by atoms with Crippen molar-refractivity contribution in [1.29, 1.82) is 0 Å². The molecule has 1 aromatic carbocycles. The first-order valence-corrected chi connectivity index (χ1v) is 9.02. The van der Waals surface area contributed by atoms with E-state index >= 15 is 0 Å². The summed E-state index contributed by atoms with van der Waals surface area (Å²) in [5.74, 6) is -4.68. The average molecular weight is 341 g/mol. The third-order valence-electron chi connectivity index (χ3n) is 3.63. The minimum Gasteiger partial charge on any atom is -0.259 e. The zero-order valence-corrected chi connectivity index (χ0v) is 13.0. The summed E-state index contributed by atoms with van der Waals surface area (Å²) in [7, 11) is -5.33. The van der Waals surface area contributed by atoms with Crippen LogP contribution in [0.25, 0.3) is 0 Å². The number of nitrogens with zero attached hydrogens (tertiary/aromatic N) is 1. The third-order valence-corrected chi connectivity index (χ3v) is 7.40. The van der Waals surface area contributed by atoms with E-state index in [2.05, 4.69) is 0 Å². The van der Waals surface area contributed by atoms with E-state index in [0.717, 1.165) is 4.31 Å². The van der Waals surface area contributed by atoms with Crippen molar-refractivity contribution in [2.24, 2.45) is 0 Å². The topological polar surface area (TPSA) is 54.5 Å². The van der Waals surface area contributed by atoms with Crippen molar-refractivity contribution in [3.8, 4) is 0 Å². The molecule has 0 aromatic heterocycles. The lowest BCUT2D eigenvalue weighted by molar-refractivity contribution is 0.333. The van der Waals surface area contributed by atoms with E-state index in [0.29, 0.717) is 12.1 Å². The quantitative estimate of drug-likeness (QED) is 0.769. The highest BCUT2D eigenvalue weighted by molar-refractivity contribution is 7.89. The first-order chi connectivity index (χ1) is 9.66. The van der Waals surface area contributed by atoms with Gasteiger partial charge < -0.3 is 0 Å². The van der Waals surface area contributed by atoms with Crippen LogP contribution >= 0.6 is 0 Å². The Morgan fingerprint density at radius 1 is 1.19 bits per heavy atom. The highest BCUT2D eigenvalue weighted by atomic mass is 32.2. The molecule has 0 amide bonds. The molecule has 9 heteroatoms. The second kappa shape index (κ2) is 5.69. The summed E-state index contributed by atoms with van der Waals surface area (Å²) in [6.45, 7) is 3.21. The molecule has 0 spiro atoms. The van der Waals surface area contributed by atoms with Gasteiger partial charge in [0.05, 0.1) is 4.90 Å². The van der Waals surface area contributed by atoms with Crippen molar-refractivity contribution in [1.82, 2.24) is 4.31 Å². The molecule has 118 valence electrons. The van der Waals surface area contributed by atoms with E-state index < -0.39 is 54.5 Å². The van der Waals surface area contributed by atoms with Gasteiger partial charge in [-0.3, -0.25) is 4.21 Å². The molecule has 1 aliphatic rings. The molecule has 1 heterocycles. The second-order valence-corrected chi connectivity index (χ2v) is 8.65. The van der Waals surface area contributed by atoms with Crippen molar-refractivity contribution in [2.75, 3.05) is 12.3 Å². The van der Waals surface area contributed by atoms with Gasteiger partial charge in [-0.15, -0.1) is 0 Å². The lowest BCUT2D eigenvalue weighted by Crippen LogP contribution is -2.52. The van der Waals surface area contributed by atoms with Gasteiger partial charge in [0.25, 0.3) is 0 Å². The molecule has 1 saturated heterocycles. The lowest BCUT2D eigenvalue weighted by Gasteiger charge is -2.36. The van der Waals surface area contributed by atoms with Crippen LogP contribution in [-0.4, -0.2) is 40.5 Å². The van der Waals surface area contributed by atoms with Gasteiger partial charge in [0.1, 0.15) is 0 Å². The minimum atomic E-state index is -4.18. The zero-order valence-electron chi connectivity index (χ0n) is 11.3. The van der Waals surface area contributed by atoms with Crippen molar-refractivity contribution < 1.29 is 25.8 Å². The Morgan fingerprint density at radius 2 is 1.71 bits per heavy atom. The molecule has 3 atom stereocenters. The number of sulfonamides is 1. The summed E-state index contributed by atoms with van der Waals surface area (Å²) in [6.07, 6.45) is 0. The monoisotopic (exact) mass is 341 g/mol. The Morgan fingerprint density at radius 3 is 2.24 bits per heavy atom. The van der Waals surface area contributed by atoms with Crippen LogP contribution in [0.4, 0.5) is 13.2 Å². The van der Waals surface area contributed by atoms with Crippen molar-refractivity contribution in [3.05, 3.63) is 29.6 Å². The molecular formula is C12H14F3NO3S2. The van der Waals surface area contributed by atoms with Crippen LogP contribution in [0.5, 0.6) is 0 Å². The number of hydrogen-bond donors (Lipinski definition) is 0. The summed E-state index contributed by atoms with van der Waals surface area (Å²) in [5.41, 5.74) is 0. The molecule has 0 saturated carbocycles. The summed E-state index contributed by atoms with van der Waals surface area (Å²) in [6, 6.07) is 0.327. The standard InChI is InChI=1S/C12H14F3NO3S2/c1-7-8(2)20(17)4-3-16(7)21(18,19)9-5-10(13)12(15)11(14)6-9/h5-8H,3-4H2,1-2H3/t7-,8+,20+/m1/s1. The van der Waals surface area contributed by atoms with Crippen LogP contribution in [0.15, 0.2) is 17.0 Å². The number of halogens is 3. The van der Waals surface area contributed by atoms with Gasteiger partial charge in [-0.2, -0.15) is 4.31 Å². The molecule has 0 aliphatic carbocycles. The smallest absolute Gasteiger partial charge is 0.243 e.